The van der Waals surface area contributed by atoms with Crippen LogP contribution in [0.25, 0.3) is 0 Å². The van der Waals surface area contributed by atoms with Crippen LogP contribution in [0.2, 0.25) is 0 Å². The standard InChI is InChI=1S/C7H2F10/c8-3(6(13,14)15)2-1-4(9,10)7(16,17)5(2,11)12/h1H2. The van der Waals surface area contributed by atoms with Crippen molar-refractivity contribution in [1.29, 1.82) is 0 Å². The molecule has 0 N–H and O–H groups in total. The lowest BCUT2D eigenvalue weighted by Gasteiger charge is -2.23. The van der Waals surface area contributed by atoms with Gasteiger partial charge < -0.3 is 0 Å². The molecule has 0 saturated heterocycles. The second-order valence-corrected chi connectivity index (χ2v) is 3.32. The lowest BCUT2D eigenvalue weighted by molar-refractivity contribution is -0.266. The second kappa shape index (κ2) is 3.29. The number of halogens is 10. The highest BCUT2D eigenvalue weighted by molar-refractivity contribution is 5.33. The summed E-state index contributed by atoms with van der Waals surface area (Å²) in [5.74, 6) is -21.0. The summed E-state index contributed by atoms with van der Waals surface area (Å²) in [4.78, 5) is 0. The van der Waals surface area contributed by atoms with E-state index in [4.69, 9.17) is 0 Å². The molecule has 0 atom stereocenters. The fourth-order valence-corrected chi connectivity index (χ4v) is 1.25. The lowest BCUT2D eigenvalue weighted by atomic mass is 10.1. The average Bonchev–Trinajstić information content (AvgIpc) is 2.21. The smallest absolute Gasteiger partial charge is 0.202 e. The van der Waals surface area contributed by atoms with Gasteiger partial charge in [-0.1, -0.05) is 0 Å². The van der Waals surface area contributed by atoms with E-state index in [1.807, 2.05) is 0 Å². The second-order valence-electron chi connectivity index (χ2n) is 3.32. The highest BCUT2D eigenvalue weighted by Crippen LogP contribution is 2.60. The molecular weight excluding hydrogens is 274 g/mol. The van der Waals surface area contributed by atoms with Crippen LogP contribution >= 0.6 is 0 Å². The van der Waals surface area contributed by atoms with Crippen molar-refractivity contribution in [2.45, 2.75) is 30.4 Å². The molecule has 17 heavy (non-hydrogen) atoms. The molecule has 0 nitrogen and oxygen atoms in total. The lowest BCUT2D eigenvalue weighted by Crippen LogP contribution is -2.46. The maximum absolute atomic E-state index is 12.6. The molecule has 1 saturated carbocycles. The van der Waals surface area contributed by atoms with Crippen molar-refractivity contribution in [3.63, 3.8) is 0 Å². The first kappa shape index (κ1) is 14.1. The summed E-state index contributed by atoms with van der Waals surface area (Å²) in [5.41, 5.74) is -2.93. The third kappa shape index (κ3) is 1.77. The van der Waals surface area contributed by atoms with Gasteiger partial charge in [0.05, 0.1) is 5.57 Å². The largest absolute Gasteiger partial charge is 0.443 e. The molecule has 0 spiro atoms. The summed E-state index contributed by atoms with van der Waals surface area (Å²) in [7, 11) is 0. The Morgan fingerprint density at radius 2 is 1.35 bits per heavy atom. The Morgan fingerprint density at radius 3 is 1.59 bits per heavy atom. The maximum Gasteiger partial charge on any atom is 0.443 e. The molecular formula is C7H2F10. The van der Waals surface area contributed by atoms with Gasteiger partial charge in [-0.3, -0.25) is 0 Å². The minimum atomic E-state index is -6.06. The molecule has 0 aromatic heterocycles. The van der Waals surface area contributed by atoms with Crippen molar-refractivity contribution >= 4 is 0 Å². The van der Waals surface area contributed by atoms with Gasteiger partial charge in [0.15, 0.2) is 0 Å². The van der Waals surface area contributed by atoms with Crippen molar-refractivity contribution in [2.24, 2.45) is 0 Å². The molecule has 1 aliphatic carbocycles. The Balaban J connectivity index is 3.43. The molecule has 0 aliphatic heterocycles. The summed E-state index contributed by atoms with van der Waals surface area (Å²) in [5, 5.41) is 0. The van der Waals surface area contributed by atoms with Gasteiger partial charge in [0.1, 0.15) is 0 Å². The Labute approximate surface area is 86.9 Å². The molecule has 1 aliphatic rings. The van der Waals surface area contributed by atoms with E-state index >= 15 is 0 Å². The summed E-state index contributed by atoms with van der Waals surface area (Å²) in [6.07, 6.45) is -8.70. The van der Waals surface area contributed by atoms with Crippen molar-refractivity contribution in [2.75, 3.05) is 0 Å². The molecule has 10 heteroatoms. The first-order valence-corrected chi connectivity index (χ1v) is 3.85. The number of alkyl halides is 9. The Morgan fingerprint density at radius 1 is 0.941 bits per heavy atom. The Kier molecular flexibility index (Phi) is 2.73. The van der Waals surface area contributed by atoms with E-state index in [9.17, 15) is 43.9 Å². The first-order valence-electron chi connectivity index (χ1n) is 3.85. The maximum atomic E-state index is 12.6. The van der Waals surface area contributed by atoms with Gasteiger partial charge >= 0.3 is 23.9 Å². The molecule has 1 fully saturated rings. The number of hydrogen-bond donors (Lipinski definition) is 0. The van der Waals surface area contributed by atoms with Crippen LogP contribution in [0.1, 0.15) is 6.42 Å². The zero-order valence-electron chi connectivity index (χ0n) is 7.49. The van der Waals surface area contributed by atoms with Crippen LogP contribution in [-0.4, -0.2) is 23.9 Å². The average molecular weight is 276 g/mol. The van der Waals surface area contributed by atoms with Crippen LogP contribution < -0.4 is 0 Å². The van der Waals surface area contributed by atoms with E-state index in [0.29, 0.717) is 0 Å². The molecule has 100 valence electrons. The zero-order valence-corrected chi connectivity index (χ0v) is 7.49. The summed E-state index contributed by atoms with van der Waals surface area (Å²) >= 11 is 0. The number of allylic oxidation sites excluding steroid dienone is 2. The van der Waals surface area contributed by atoms with E-state index in [-0.39, 0.29) is 0 Å². The van der Waals surface area contributed by atoms with Gasteiger partial charge in [-0.25, -0.2) is 4.39 Å². The highest BCUT2D eigenvalue weighted by atomic mass is 19.4. The summed E-state index contributed by atoms with van der Waals surface area (Å²) < 4.78 is 122. The van der Waals surface area contributed by atoms with E-state index in [0.717, 1.165) is 0 Å². The molecule has 0 aromatic carbocycles. The number of rotatable bonds is 0. The third-order valence-corrected chi connectivity index (χ3v) is 2.15. The monoisotopic (exact) mass is 276 g/mol. The van der Waals surface area contributed by atoms with Crippen LogP contribution in [0.4, 0.5) is 43.9 Å². The zero-order chi connectivity index (χ0) is 13.9. The summed E-state index contributed by atoms with van der Waals surface area (Å²) in [6, 6.07) is 0. The highest BCUT2D eigenvalue weighted by Gasteiger charge is 2.80. The van der Waals surface area contributed by atoms with Crippen molar-refractivity contribution in [3.05, 3.63) is 11.4 Å². The quantitative estimate of drug-likeness (QED) is 0.585. The Bertz CT molecular complexity index is 359. The topological polar surface area (TPSA) is 0 Å². The van der Waals surface area contributed by atoms with Gasteiger partial charge in [-0.15, -0.1) is 0 Å². The van der Waals surface area contributed by atoms with Crippen LogP contribution in [0.3, 0.4) is 0 Å². The van der Waals surface area contributed by atoms with Gasteiger partial charge in [-0.2, -0.15) is 39.5 Å². The van der Waals surface area contributed by atoms with Crippen LogP contribution in [0.15, 0.2) is 11.4 Å². The minimum Gasteiger partial charge on any atom is -0.202 e. The molecule has 0 aromatic rings. The molecule has 0 radical (unpaired) electrons. The van der Waals surface area contributed by atoms with E-state index < -0.39 is 41.8 Å². The fraction of sp³-hybridized carbons (Fsp3) is 0.714. The predicted octanol–water partition coefficient (Wildman–Crippen LogP) is 4.08. The van der Waals surface area contributed by atoms with Crippen molar-refractivity contribution < 1.29 is 43.9 Å². The SMILES string of the molecule is FC(=C1CC(F)(F)C(F)(F)C1(F)F)C(F)(F)F. The van der Waals surface area contributed by atoms with E-state index in [1.165, 1.54) is 0 Å². The fourth-order valence-electron chi connectivity index (χ4n) is 1.25. The van der Waals surface area contributed by atoms with Crippen molar-refractivity contribution in [1.82, 2.24) is 0 Å². The van der Waals surface area contributed by atoms with Crippen LogP contribution in [0.5, 0.6) is 0 Å². The van der Waals surface area contributed by atoms with Crippen LogP contribution in [-0.2, 0) is 0 Å². The van der Waals surface area contributed by atoms with Crippen molar-refractivity contribution in [3.8, 4) is 0 Å². The van der Waals surface area contributed by atoms with Gasteiger partial charge in [0.2, 0.25) is 5.83 Å². The third-order valence-electron chi connectivity index (χ3n) is 2.15. The van der Waals surface area contributed by atoms with Gasteiger partial charge in [-0.05, 0) is 0 Å². The van der Waals surface area contributed by atoms with E-state index in [2.05, 4.69) is 0 Å². The molecule has 0 heterocycles. The minimum absolute atomic E-state index is 2.68. The first-order chi connectivity index (χ1) is 7.25. The molecule has 0 bridgehead atoms. The molecule has 0 amide bonds. The normalized spacial score (nSPS) is 29.3. The molecule has 1 rings (SSSR count). The predicted molar refractivity (Wildman–Crippen MR) is 33.6 cm³/mol. The Hall–Kier alpha value is -0.960. The van der Waals surface area contributed by atoms with Crippen LogP contribution in [0, 0.1) is 0 Å². The van der Waals surface area contributed by atoms with Gasteiger partial charge in [0, 0.05) is 6.42 Å². The van der Waals surface area contributed by atoms with Gasteiger partial charge in [0.25, 0.3) is 0 Å². The molecule has 0 unspecified atom stereocenters. The van der Waals surface area contributed by atoms with E-state index in [1.54, 1.807) is 0 Å². The summed E-state index contributed by atoms with van der Waals surface area (Å²) in [6.45, 7) is 0. The number of hydrogen-bond acceptors (Lipinski definition) is 0.